The van der Waals surface area contributed by atoms with Crippen molar-refractivity contribution < 1.29 is 9.31 Å². The predicted molar refractivity (Wildman–Crippen MR) is 367 cm³/mol. The molecule has 11 aromatic carbocycles. The first-order chi connectivity index (χ1) is 40.8. The summed E-state index contributed by atoms with van der Waals surface area (Å²) in [6, 6.07) is 85.8. The second-order valence-electron chi connectivity index (χ2n) is 22.0. The van der Waals surface area contributed by atoms with Crippen molar-refractivity contribution in [3.63, 3.8) is 0 Å². The Balaban J connectivity index is 0.000000146. The molecule has 3 aromatic heterocycles. The highest BCUT2D eigenvalue weighted by Gasteiger charge is 2.51. The second-order valence-corrected chi connectivity index (χ2v) is 27.0. The van der Waals surface area contributed by atoms with Gasteiger partial charge in [-0.25, -0.2) is 4.85 Å². The summed E-state index contributed by atoms with van der Waals surface area (Å²) in [6.45, 7) is 16.2. The van der Waals surface area contributed by atoms with Gasteiger partial charge in [-0.1, -0.05) is 184 Å². The van der Waals surface area contributed by atoms with Crippen molar-refractivity contribution in [2.24, 2.45) is 0 Å². The number of thiophene rings is 3. The van der Waals surface area contributed by atoms with Gasteiger partial charge in [0, 0.05) is 69.5 Å². The van der Waals surface area contributed by atoms with Crippen LogP contribution in [0.1, 0.15) is 33.3 Å². The summed E-state index contributed by atoms with van der Waals surface area (Å²) in [5, 5.41) is 16.4. The van der Waals surface area contributed by atoms with Gasteiger partial charge in [-0.2, -0.15) is 5.26 Å². The molecule has 1 aliphatic heterocycles. The van der Waals surface area contributed by atoms with Crippen molar-refractivity contribution in [2.45, 2.75) is 38.9 Å². The minimum Gasteiger partial charge on any atom is -0.399 e. The molecular formula is C74H51BBr2N2O2S3. The highest BCUT2D eigenvalue weighted by atomic mass is 79.9. The highest BCUT2D eigenvalue weighted by molar-refractivity contribution is 9.11. The van der Waals surface area contributed by atoms with Gasteiger partial charge in [-0.3, -0.25) is 0 Å². The third kappa shape index (κ3) is 11.0. The largest absolute Gasteiger partial charge is 0.494 e. The third-order valence-electron chi connectivity index (χ3n) is 16.0. The van der Waals surface area contributed by atoms with Crippen molar-refractivity contribution in [2.75, 3.05) is 0 Å². The fourth-order valence-corrected chi connectivity index (χ4v) is 15.7. The molecule has 84 heavy (non-hydrogen) atoms. The summed E-state index contributed by atoms with van der Waals surface area (Å²) in [7, 11) is -0.335. The van der Waals surface area contributed by atoms with E-state index >= 15 is 0 Å². The van der Waals surface area contributed by atoms with Crippen LogP contribution in [0.15, 0.2) is 246 Å². The van der Waals surface area contributed by atoms with Gasteiger partial charge < -0.3 is 9.31 Å². The number of halogens is 2. The lowest BCUT2D eigenvalue weighted by Gasteiger charge is -2.32. The Bertz CT molecular complexity index is 4750. The summed E-state index contributed by atoms with van der Waals surface area (Å²) >= 11 is 12.1. The first-order valence-electron chi connectivity index (χ1n) is 27.6. The molecule has 10 heteroatoms. The van der Waals surface area contributed by atoms with Gasteiger partial charge in [-0.05, 0) is 174 Å². The number of rotatable bonds is 6. The van der Waals surface area contributed by atoms with E-state index < -0.39 is 0 Å². The molecular weight excluding hydrogens is 1220 g/mol. The molecule has 404 valence electrons. The lowest BCUT2D eigenvalue weighted by molar-refractivity contribution is 0.00578. The molecule has 1 aliphatic rings. The molecule has 4 heterocycles. The Labute approximate surface area is 518 Å². The van der Waals surface area contributed by atoms with Crippen molar-refractivity contribution in [3.8, 4) is 61.7 Å². The number of benzene rings is 11. The van der Waals surface area contributed by atoms with E-state index in [1.54, 1.807) is 12.1 Å². The smallest absolute Gasteiger partial charge is 0.399 e. The van der Waals surface area contributed by atoms with Gasteiger partial charge in [0.05, 0.1) is 29.4 Å². The van der Waals surface area contributed by atoms with Crippen molar-refractivity contribution in [1.82, 2.24) is 0 Å². The number of hydrogen-bond donors (Lipinski definition) is 0. The van der Waals surface area contributed by atoms with Crippen LogP contribution < -0.4 is 5.46 Å². The van der Waals surface area contributed by atoms with Crippen LogP contribution in [-0.2, 0) is 9.31 Å². The summed E-state index contributed by atoms with van der Waals surface area (Å²) < 4.78 is 22.2. The summed E-state index contributed by atoms with van der Waals surface area (Å²) in [6.07, 6.45) is 0. The molecule has 1 saturated heterocycles. The van der Waals surface area contributed by atoms with Crippen LogP contribution in [0, 0.1) is 17.9 Å². The monoisotopic (exact) mass is 1260 g/mol. The Hall–Kier alpha value is -8.00. The van der Waals surface area contributed by atoms with Gasteiger partial charge in [0.2, 0.25) is 0 Å². The lowest BCUT2D eigenvalue weighted by Crippen LogP contribution is -2.41. The molecule has 14 aromatic rings. The fourth-order valence-electron chi connectivity index (χ4n) is 10.9. The van der Waals surface area contributed by atoms with Crippen molar-refractivity contribution in [3.05, 3.63) is 263 Å². The maximum absolute atomic E-state index is 8.49. The van der Waals surface area contributed by atoms with Crippen LogP contribution in [0.4, 0.5) is 5.69 Å². The van der Waals surface area contributed by atoms with Gasteiger partial charge in [0.15, 0.2) is 5.69 Å². The molecule has 0 amide bonds. The minimum absolute atomic E-state index is 0.330. The van der Waals surface area contributed by atoms with E-state index in [1.165, 1.54) is 93.9 Å². The average Bonchev–Trinajstić information content (AvgIpc) is 3.44. The SMILES string of the molecule is CC1(C)OB(c2cccc(-c3ccc4c(c3)sc3ccccc34)c2)OC1(C)C.N#Cc1cc(Br)cc(Br)c1.[C-]#[N+]c1cc(-c2cccc(-c3ccc4c(c3)sc3ccccc34)c2)cc(-c2cccc(-c3ccc4c(c3)sc3ccccc34)c2)c1. The molecule has 15 rings (SSSR count). The number of fused-ring (bicyclic) bond motifs is 9. The van der Waals surface area contributed by atoms with Crippen LogP contribution in [0.3, 0.4) is 0 Å². The number of nitriles is 1. The van der Waals surface area contributed by atoms with Crippen LogP contribution in [0.2, 0.25) is 0 Å². The van der Waals surface area contributed by atoms with Gasteiger partial charge >= 0.3 is 7.12 Å². The first-order valence-corrected chi connectivity index (χ1v) is 31.6. The maximum Gasteiger partial charge on any atom is 0.494 e. The number of nitrogens with zero attached hydrogens (tertiary/aromatic N) is 2. The van der Waals surface area contributed by atoms with E-state index in [0.717, 1.165) is 36.7 Å². The number of hydrogen-bond acceptors (Lipinski definition) is 6. The van der Waals surface area contributed by atoms with Crippen LogP contribution in [0.25, 0.3) is 121 Å². The maximum atomic E-state index is 8.49. The van der Waals surface area contributed by atoms with Crippen LogP contribution in [-0.4, -0.2) is 18.3 Å². The lowest BCUT2D eigenvalue weighted by atomic mass is 9.78. The molecule has 0 bridgehead atoms. The Morgan fingerprint density at radius 2 is 0.726 bits per heavy atom. The van der Waals surface area contributed by atoms with E-state index in [2.05, 4.69) is 271 Å². The zero-order valence-corrected chi connectivity index (χ0v) is 51.9. The molecule has 0 aliphatic carbocycles. The average molecular weight is 1270 g/mol. The summed E-state index contributed by atoms with van der Waals surface area (Å²) in [5.41, 5.74) is 13.1. The molecule has 0 saturated carbocycles. The Kier molecular flexibility index (Phi) is 15.0. The van der Waals surface area contributed by atoms with E-state index in [-0.39, 0.29) is 18.3 Å². The fraction of sp³-hybridized carbons (Fsp3) is 0.0811. The van der Waals surface area contributed by atoms with Gasteiger partial charge in [0.1, 0.15) is 0 Å². The Morgan fingerprint density at radius 1 is 0.381 bits per heavy atom. The Morgan fingerprint density at radius 3 is 1.13 bits per heavy atom. The molecule has 4 nitrogen and oxygen atoms in total. The first kappa shape index (κ1) is 55.2. The van der Waals surface area contributed by atoms with E-state index in [9.17, 15) is 0 Å². The van der Waals surface area contributed by atoms with Crippen LogP contribution in [0.5, 0.6) is 0 Å². The molecule has 0 radical (unpaired) electrons. The second kappa shape index (κ2) is 22.9. The van der Waals surface area contributed by atoms with E-state index in [4.69, 9.17) is 21.1 Å². The zero-order valence-electron chi connectivity index (χ0n) is 46.3. The quantitative estimate of drug-likeness (QED) is 0.123. The minimum atomic E-state index is -0.335. The van der Waals surface area contributed by atoms with Gasteiger partial charge in [0.25, 0.3) is 0 Å². The third-order valence-corrected chi connectivity index (χ3v) is 20.3. The van der Waals surface area contributed by atoms with Gasteiger partial charge in [-0.15, -0.1) is 34.0 Å². The normalized spacial score (nSPS) is 13.4. The summed E-state index contributed by atoms with van der Waals surface area (Å²) in [4.78, 5) is 3.87. The van der Waals surface area contributed by atoms with Crippen molar-refractivity contribution >= 4 is 145 Å². The predicted octanol–water partition coefficient (Wildman–Crippen LogP) is 22.7. The molecule has 0 unspecified atom stereocenters. The molecule has 0 spiro atoms. The molecule has 1 fully saturated rings. The van der Waals surface area contributed by atoms with E-state index in [1.807, 2.05) is 58.3 Å². The van der Waals surface area contributed by atoms with E-state index in [0.29, 0.717) is 11.3 Å². The topological polar surface area (TPSA) is 46.6 Å². The zero-order chi connectivity index (χ0) is 57.7. The highest BCUT2D eigenvalue weighted by Crippen LogP contribution is 2.42. The van der Waals surface area contributed by atoms with Crippen molar-refractivity contribution in [1.29, 1.82) is 5.26 Å². The van der Waals surface area contributed by atoms with Crippen LogP contribution >= 0.6 is 65.9 Å². The summed E-state index contributed by atoms with van der Waals surface area (Å²) in [5.74, 6) is 0. The molecule has 0 atom stereocenters. The standard InChI is InChI=1S/C43H25NS2.C24H23BO2S.C7H3Br2N/c1-44-35-23-33(29-10-6-8-27(20-29)31-16-18-38-36-12-2-4-14-40(36)45-42(38)25-31)22-34(24-35)30-11-7-9-28(21-30)32-17-19-39-37-13-3-5-15-41(37)46-43(39)26-32;1-23(2)24(3,4)27-25(26-23)18-9-7-8-16(14-18)17-12-13-20-19-10-5-6-11-21(19)28-22(20)15-17;8-6-1-5(4-10)2-7(9)3-6/h2-26H;5-15H,1-4H3;1-3H. The molecule has 0 N–H and O–H groups in total.